The molecule has 0 radical (unpaired) electrons. The average molecular weight is 1700 g/mol. The molecule has 7 aromatic rings. The number of ketones is 2. The molecule has 7 aliphatic heterocycles. The number of hydrogen-bond acceptors (Lipinski definition) is 24. The smallest absolute Gasteiger partial charge is 0.323 e. The normalized spacial score (nSPS) is 19.2. The first-order valence-corrected chi connectivity index (χ1v) is 37.4. The van der Waals surface area contributed by atoms with Gasteiger partial charge in [-0.3, -0.25) is 49.0 Å². The molecule has 0 unspecified atom stereocenters. The van der Waals surface area contributed by atoms with Crippen LogP contribution in [0.15, 0.2) is 109 Å². The fourth-order valence-electron chi connectivity index (χ4n) is 13.3. The van der Waals surface area contributed by atoms with E-state index in [1.54, 1.807) is 79.9 Å². The lowest BCUT2D eigenvalue weighted by Crippen LogP contribution is -2.54. The number of imide groups is 2. The van der Waals surface area contributed by atoms with Crippen LogP contribution in [0, 0.1) is 24.2 Å². The number of methoxy groups -OCH3 is 4. The van der Waals surface area contributed by atoms with Gasteiger partial charge in [0, 0.05) is 55.2 Å². The minimum atomic E-state index is -1.67. The fraction of sp³-hybridized carbons (Fsp3) is 0.395. The molecule has 12 heterocycles. The highest BCUT2D eigenvalue weighted by atomic mass is 79.9. The summed E-state index contributed by atoms with van der Waals surface area (Å²) in [6, 6.07) is 23.6. The summed E-state index contributed by atoms with van der Waals surface area (Å²) in [5, 5.41) is 21.8. The third-order valence-electron chi connectivity index (χ3n) is 19.7. The van der Waals surface area contributed by atoms with Crippen molar-refractivity contribution in [3.05, 3.63) is 150 Å². The van der Waals surface area contributed by atoms with E-state index in [9.17, 15) is 53.1 Å². The maximum atomic E-state index is 13.2. The third kappa shape index (κ3) is 19.9. The number of rotatable bonds is 19. The second kappa shape index (κ2) is 36.8. The summed E-state index contributed by atoms with van der Waals surface area (Å²) >= 11 is 9.59. The van der Waals surface area contributed by atoms with Gasteiger partial charge in [0.2, 0.25) is 5.88 Å². The molecule has 34 heteroatoms. The van der Waals surface area contributed by atoms with Crippen LogP contribution in [-0.2, 0) is 33.0 Å². The average Bonchev–Trinajstić information content (AvgIpc) is 1.59. The number of nitrogens with zero attached hydrogens (tertiary/aromatic N) is 9. The second-order valence-electron chi connectivity index (χ2n) is 27.2. The molecule has 5 fully saturated rings. The van der Waals surface area contributed by atoms with E-state index in [1.165, 1.54) is 49.3 Å². The molecule has 9 amide bonds. The van der Waals surface area contributed by atoms with Crippen molar-refractivity contribution in [2.75, 3.05) is 102 Å². The molecular formula is C76H83Br3N14O17. The Morgan fingerprint density at radius 3 is 1.56 bits per heavy atom. The summed E-state index contributed by atoms with van der Waals surface area (Å²) in [7, 11) is 12.4. The largest absolute Gasteiger partial charge is 0.505 e. The van der Waals surface area contributed by atoms with Crippen molar-refractivity contribution in [3.8, 4) is 47.0 Å². The predicted octanol–water partition coefficient (Wildman–Crippen LogP) is 7.83. The van der Waals surface area contributed by atoms with Crippen molar-refractivity contribution in [3.63, 3.8) is 0 Å². The Morgan fingerprint density at radius 1 is 0.600 bits per heavy atom. The number of urea groups is 2. The van der Waals surface area contributed by atoms with Gasteiger partial charge < -0.3 is 73.7 Å². The Bertz CT molecular complexity index is 4690. The molecule has 0 saturated carbocycles. The number of nitrogens with one attached hydrogen (secondary N) is 5. The maximum absolute atomic E-state index is 13.2. The maximum Gasteiger partial charge on any atom is 0.323 e. The number of ether oxygens (including phenoxy) is 5. The molecule has 14 rings (SSSR count). The first-order chi connectivity index (χ1) is 52.7. The molecule has 5 aromatic heterocycles. The number of carbonyl (C=O) groups excluding carboxylic acids is 10. The Balaban J connectivity index is 0.000000156. The van der Waals surface area contributed by atoms with Crippen LogP contribution >= 0.6 is 47.8 Å². The summed E-state index contributed by atoms with van der Waals surface area (Å²) in [6.07, 6.45) is 12.6. The Hall–Kier alpha value is -10.4. The van der Waals surface area contributed by atoms with Crippen LogP contribution < -0.4 is 50.3 Å². The Kier molecular flexibility index (Phi) is 27.5. The number of benzene rings is 2. The van der Waals surface area contributed by atoms with Crippen LogP contribution in [0.4, 0.5) is 9.59 Å². The number of Topliss-reactive ketones (excluding diaryl/α,β-unsaturated/α-hetero) is 2. The monoisotopic (exact) mass is 1700 g/mol. The summed E-state index contributed by atoms with van der Waals surface area (Å²) < 4.78 is 32.3. The number of terminal acetylenes is 1. The van der Waals surface area contributed by atoms with Gasteiger partial charge in [-0.1, -0.05) is 18.1 Å². The van der Waals surface area contributed by atoms with Crippen LogP contribution in [0.2, 0.25) is 0 Å². The van der Waals surface area contributed by atoms with E-state index in [0.29, 0.717) is 108 Å². The second-order valence-corrected chi connectivity index (χ2v) is 29.4. The van der Waals surface area contributed by atoms with Gasteiger partial charge >= 0.3 is 12.1 Å². The van der Waals surface area contributed by atoms with E-state index in [0.717, 1.165) is 88.9 Å². The highest BCUT2D eigenvalue weighted by Gasteiger charge is 2.53. The lowest BCUT2D eigenvalue weighted by molar-refractivity contribution is -0.125. The molecule has 110 heavy (non-hydrogen) atoms. The molecule has 2 atom stereocenters. The number of piperidine rings is 3. The standard InChI is InChI=1S/C27H28N6O6.C15H13N3O4.C14H19BrN2O2.C13H17BrN2O2.C7H6BrNO3/c1-32-9-7-16(8-10-32)28-23(34)19-5-6-21-20(29-19)12-22(39-21)27(25(36)30-26(37)31-27)14-33-13-15-3-4-17(38-2)11-18(15)24(33)35;1-3-15(13(20)16-14(21)17-15)8-18-7-9-4-5-10(22-2)6-11(9)12(18)19;1-17-7-5-10(6-8-17)9-12(18)11-3-4-13(19-2)14(15)16-11;1-16-6-4-9(5-7-16)8-12(18)10-2-3-11(17)13(14)15-10;1-11-5-2-3-6(12-4-10)9-7(5)8/h3-6,11-12,16H,7-10,13-14H2,1-2H3,(H,28,34)(H2,30,31,36,37);1,4-6H,7-8H2,2H3,(H2,16,17,20,21);3-4,10H,5-9H2,1-2H3;2-3,9,17H,4-8H2,1H3;2-4H,1H3/t27-;15-;;;/m01.../s1. The van der Waals surface area contributed by atoms with Crippen molar-refractivity contribution >= 4 is 119 Å². The lowest BCUT2D eigenvalue weighted by Gasteiger charge is -2.29. The first-order valence-electron chi connectivity index (χ1n) is 35.1. The zero-order chi connectivity index (χ0) is 79.1. The highest BCUT2D eigenvalue weighted by Crippen LogP contribution is 2.37. The van der Waals surface area contributed by atoms with E-state index < -0.39 is 35.0 Å². The molecule has 0 bridgehead atoms. The number of carbonyl (C=O) groups is 10. The van der Waals surface area contributed by atoms with Crippen LogP contribution in [0.25, 0.3) is 11.1 Å². The van der Waals surface area contributed by atoms with Gasteiger partial charge in [0.25, 0.3) is 36.0 Å². The van der Waals surface area contributed by atoms with E-state index in [4.69, 9.17) is 29.8 Å². The fourth-order valence-corrected chi connectivity index (χ4v) is 14.6. The molecule has 0 aliphatic carbocycles. The number of aromatic nitrogens is 4. The van der Waals surface area contributed by atoms with E-state index in [-0.39, 0.29) is 78.0 Å². The molecule has 0 spiro atoms. The predicted molar refractivity (Wildman–Crippen MR) is 410 cm³/mol. The minimum absolute atomic E-state index is 0.0604. The van der Waals surface area contributed by atoms with E-state index in [1.807, 2.05) is 0 Å². The number of likely N-dealkylation sites (tertiary alicyclic amines) is 3. The highest BCUT2D eigenvalue weighted by molar-refractivity contribution is 9.11. The minimum Gasteiger partial charge on any atom is -0.505 e. The summed E-state index contributed by atoms with van der Waals surface area (Å²) in [5.74, 6) is 4.10. The van der Waals surface area contributed by atoms with Crippen molar-refractivity contribution in [2.45, 2.75) is 81.6 Å². The number of furan rings is 1. The zero-order valence-corrected chi connectivity index (χ0v) is 66.2. The lowest BCUT2D eigenvalue weighted by atomic mass is 9.91. The Morgan fingerprint density at radius 2 is 1.09 bits per heavy atom. The van der Waals surface area contributed by atoms with Crippen LogP contribution in [0.5, 0.6) is 34.6 Å². The van der Waals surface area contributed by atoms with Gasteiger partial charge in [0.1, 0.15) is 54.8 Å². The number of fused-ring (bicyclic) bond motifs is 3. The zero-order valence-electron chi connectivity index (χ0n) is 61.4. The SMILES string of the molecule is C#C[C@]1(CN2Cc3ccc(OC)cc3C2=O)NC(=O)NC1=O.CN1CCC(CC(=O)c2ccc(O)c(Br)n2)CC1.COc1ccc(C(=O)CC2CCN(C)CC2)nc1Br.COc1ccc(OC=O)nc1Br.COc1ccc2c(c1)C(=O)N(C[C@@]1(c3cc4nc(C(=O)NC5CCN(C)CC5)ccc4o3)NC(=O)NC1=O)C2. The van der Waals surface area contributed by atoms with E-state index in [2.05, 4.69) is 141 Å². The molecule has 5 saturated heterocycles. The van der Waals surface area contributed by atoms with Crippen molar-refractivity contribution in [1.29, 1.82) is 0 Å². The topological polar surface area (TPSA) is 378 Å². The van der Waals surface area contributed by atoms with Crippen LogP contribution in [0.1, 0.15) is 120 Å². The molecule has 580 valence electrons. The van der Waals surface area contributed by atoms with Gasteiger partial charge in [-0.05, 0) is 236 Å². The van der Waals surface area contributed by atoms with Crippen molar-refractivity contribution in [1.82, 2.24) is 71.0 Å². The van der Waals surface area contributed by atoms with Gasteiger partial charge in [-0.2, -0.15) is 0 Å². The van der Waals surface area contributed by atoms with Crippen LogP contribution in [0.3, 0.4) is 0 Å². The number of amides is 9. The van der Waals surface area contributed by atoms with Crippen molar-refractivity contribution < 1.29 is 81.2 Å². The Labute approximate surface area is 659 Å². The molecule has 6 N–H and O–H groups in total. The van der Waals surface area contributed by atoms with E-state index >= 15 is 0 Å². The van der Waals surface area contributed by atoms with Gasteiger partial charge in [-0.25, -0.2) is 29.5 Å². The molecule has 2 aromatic carbocycles. The molecule has 31 nitrogen and oxygen atoms in total. The molecular weight excluding hydrogens is 1620 g/mol. The summed E-state index contributed by atoms with van der Waals surface area (Å²) in [5.41, 5.74) is 1.26. The number of pyridine rings is 4. The first kappa shape index (κ1) is 82.1. The van der Waals surface area contributed by atoms with Crippen molar-refractivity contribution in [2.24, 2.45) is 11.8 Å². The quantitative estimate of drug-likeness (QED) is 0.0148. The van der Waals surface area contributed by atoms with Gasteiger partial charge in [-0.15, -0.1) is 6.42 Å². The summed E-state index contributed by atoms with van der Waals surface area (Å²) in [4.78, 5) is 148. The number of hydrogen-bond donors (Lipinski definition) is 6. The number of aromatic hydroxyl groups is 1. The van der Waals surface area contributed by atoms with Gasteiger partial charge in [0.15, 0.2) is 44.3 Å². The third-order valence-corrected chi connectivity index (χ3v) is 21.4. The molecule has 7 aliphatic rings. The number of halogens is 3. The summed E-state index contributed by atoms with van der Waals surface area (Å²) in [6.45, 7) is 6.76. The van der Waals surface area contributed by atoms with Gasteiger partial charge in [0.05, 0.1) is 41.5 Å². The van der Waals surface area contributed by atoms with Crippen LogP contribution in [-0.4, -0.2) is 223 Å².